The molecule has 5 heteroatoms. The van der Waals surface area contributed by atoms with Gasteiger partial charge in [0.1, 0.15) is 6.61 Å². The molecule has 0 bridgehead atoms. The fourth-order valence-corrected chi connectivity index (χ4v) is 6.27. The standard InChI is InChI=1S/C53H90O5/c1-4-7-10-13-16-19-22-24-26-28-30-33-36-39-42-45-48-56-49-51(58-53(55)47-44-41-38-35-31-21-18-15-12-9-6-3)50-57-52(54)46-43-40-37-34-32-29-27-25-23-20-17-14-11-8-5-2/h7,10,15-20,24-27,30,33,51H,4-6,8-9,11-14,21-23,28-29,31-32,34-50H2,1-3H3/b10-7-,18-15-,19-16-,20-17-,26-24-,27-25-,33-30-. The summed E-state index contributed by atoms with van der Waals surface area (Å²) in [6.45, 7) is 7.55. The zero-order valence-electron chi connectivity index (χ0n) is 38.0. The van der Waals surface area contributed by atoms with E-state index in [1.807, 2.05) is 0 Å². The normalized spacial score (nSPS) is 12.9. The first kappa shape index (κ1) is 55.1. The van der Waals surface area contributed by atoms with Crippen LogP contribution in [0.2, 0.25) is 0 Å². The Morgan fingerprint density at radius 2 is 0.793 bits per heavy atom. The summed E-state index contributed by atoms with van der Waals surface area (Å²) in [4.78, 5) is 25.3. The van der Waals surface area contributed by atoms with E-state index in [9.17, 15) is 9.59 Å². The van der Waals surface area contributed by atoms with Crippen LogP contribution in [0.15, 0.2) is 85.1 Å². The molecule has 1 unspecified atom stereocenters. The Morgan fingerprint density at radius 3 is 1.31 bits per heavy atom. The number of hydrogen-bond donors (Lipinski definition) is 0. The summed E-state index contributed by atoms with van der Waals surface area (Å²) in [6, 6.07) is 0. The van der Waals surface area contributed by atoms with Crippen molar-refractivity contribution in [2.75, 3.05) is 19.8 Å². The van der Waals surface area contributed by atoms with Gasteiger partial charge in [0.25, 0.3) is 0 Å². The van der Waals surface area contributed by atoms with Crippen molar-refractivity contribution in [1.82, 2.24) is 0 Å². The van der Waals surface area contributed by atoms with E-state index in [0.717, 1.165) is 109 Å². The molecule has 1 atom stereocenters. The SMILES string of the molecule is CC/C=C\C/C=C\C/C=C\C/C=C\CCCCCOCC(COC(=O)CCCCCCC/C=C\C/C=C\CCCCC)OC(=O)CCCCCCC/C=C\CCCC. The van der Waals surface area contributed by atoms with E-state index in [0.29, 0.717) is 19.4 Å². The molecule has 0 aliphatic rings. The van der Waals surface area contributed by atoms with E-state index in [-0.39, 0.29) is 25.2 Å². The summed E-state index contributed by atoms with van der Waals surface area (Å²) in [5.41, 5.74) is 0. The molecule has 0 spiro atoms. The summed E-state index contributed by atoms with van der Waals surface area (Å²) in [7, 11) is 0. The highest BCUT2D eigenvalue weighted by Crippen LogP contribution is 2.12. The molecule has 0 saturated heterocycles. The summed E-state index contributed by atoms with van der Waals surface area (Å²) >= 11 is 0. The molecule has 0 aliphatic heterocycles. The molecule has 0 N–H and O–H groups in total. The minimum absolute atomic E-state index is 0.0580. The molecule has 0 aromatic rings. The Bertz CT molecular complexity index is 1090. The molecule has 332 valence electrons. The van der Waals surface area contributed by atoms with Crippen LogP contribution in [0.3, 0.4) is 0 Å². The third-order valence-corrected chi connectivity index (χ3v) is 9.88. The monoisotopic (exact) mass is 807 g/mol. The maximum absolute atomic E-state index is 12.7. The summed E-state index contributed by atoms with van der Waals surface area (Å²) < 4.78 is 17.3. The molecule has 0 amide bonds. The van der Waals surface area contributed by atoms with Crippen molar-refractivity contribution in [2.24, 2.45) is 0 Å². The Balaban J connectivity index is 4.35. The van der Waals surface area contributed by atoms with Gasteiger partial charge in [-0.3, -0.25) is 9.59 Å². The molecule has 0 rings (SSSR count). The van der Waals surface area contributed by atoms with Gasteiger partial charge in [0, 0.05) is 19.4 Å². The highest BCUT2D eigenvalue weighted by Gasteiger charge is 2.17. The molecule has 0 aliphatic carbocycles. The zero-order chi connectivity index (χ0) is 42.1. The number of ether oxygens (including phenoxy) is 3. The predicted octanol–water partition coefficient (Wildman–Crippen LogP) is 16.1. The van der Waals surface area contributed by atoms with Crippen LogP contribution in [0.4, 0.5) is 0 Å². The second-order valence-corrected chi connectivity index (χ2v) is 15.6. The van der Waals surface area contributed by atoms with Crippen molar-refractivity contribution >= 4 is 11.9 Å². The quantitative estimate of drug-likeness (QED) is 0.0349. The lowest BCUT2D eigenvalue weighted by Gasteiger charge is -2.18. The molecule has 0 saturated carbocycles. The molecule has 5 nitrogen and oxygen atoms in total. The van der Waals surface area contributed by atoms with Gasteiger partial charge in [-0.15, -0.1) is 0 Å². The molecule has 0 aromatic heterocycles. The maximum atomic E-state index is 12.7. The van der Waals surface area contributed by atoms with Gasteiger partial charge in [-0.2, -0.15) is 0 Å². The topological polar surface area (TPSA) is 61.8 Å². The first-order valence-corrected chi connectivity index (χ1v) is 24.1. The molecule has 58 heavy (non-hydrogen) atoms. The fraction of sp³-hybridized carbons (Fsp3) is 0.698. The summed E-state index contributed by atoms with van der Waals surface area (Å²) in [5.74, 6) is -0.446. The van der Waals surface area contributed by atoms with Gasteiger partial charge >= 0.3 is 11.9 Å². The molecule has 0 aromatic carbocycles. The highest BCUT2D eigenvalue weighted by atomic mass is 16.6. The van der Waals surface area contributed by atoms with Gasteiger partial charge in [0.15, 0.2) is 6.10 Å². The predicted molar refractivity (Wildman–Crippen MR) is 251 cm³/mol. The van der Waals surface area contributed by atoms with E-state index in [1.54, 1.807) is 0 Å². The van der Waals surface area contributed by atoms with E-state index in [4.69, 9.17) is 14.2 Å². The fourth-order valence-electron chi connectivity index (χ4n) is 6.27. The van der Waals surface area contributed by atoms with Gasteiger partial charge in [-0.05, 0) is 109 Å². The lowest BCUT2D eigenvalue weighted by Crippen LogP contribution is -2.30. The average Bonchev–Trinajstić information content (AvgIpc) is 3.22. The van der Waals surface area contributed by atoms with E-state index >= 15 is 0 Å². The van der Waals surface area contributed by atoms with Gasteiger partial charge in [-0.25, -0.2) is 0 Å². The number of carbonyl (C=O) groups excluding carboxylic acids is 2. The van der Waals surface area contributed by atoms with Crippen molar-refractivity contribution in [2.45, 2.75) is 219 Å². The van der Waals surface area contributed by atoms with E-state index in [1.165, 1.54) is 70.6 Å². The Hall–Kier alpha value is -2.92. The van der Waals surface area contributed by atoms with Crippen LogP contribution >= 0.6 is 0 Å². The van der Waals surface area contributed by atoms with Gasteiger partial charge < -0.3 is 14.2 Å². The second kappa shape index (κ2) is 48.4. The lowest BCUT2D eigenvalue weighted by molar-refractivity contribution is -0.163. The van der Waals surface area contributed by atoms with Crippen molar-refractivity contribution in [3.05, 3.63) is 85.1 Å². The van der Waals surface area contributed by atoms with Gasteiger partial charge in [0.05, 0.1) is 6.61 Å². The maximum Gasteiger partial charge on any atom is 0.306 e. The van der Waals surface area contributed by atoms with Crippen molar-refractivity contribution < 1.29 is 23.8 Å². The number of carbonyl (C=O) groups is 2. The minimum atomic E-state index is -0.565. The first-order chi connectivity index (χ1) is 28.6. The second-order valence-electron chi connectivity index (χ2n) is 15.6. The van der Waals surface area contributed by atoms with Gasteiger partial charge in [-0.1, -0.05) is 176 Å². The number of esters is 2. The zero-order valence-corrected chi connectivity index (χ0v) is 38.0. The van der Waals surface area contributed by atoms with Crippen LogP contribution in [0.5, 0.6) is 0 Å². The van der Waals surface area contributed by atoms with Crippen molar-refractivity contribution in [3.63, 3.8) is 0 Å². The lowest BCUT2D eigenvalue weighted by atomic mass is 10.1. The average molecular weight is 807 g/mol. The smallest absolute Gasteiger partial charge is 0.306 e. The largest absolute Gasteiger partial charge is 0.462 e. The van der Waals surface area contributed by atoms with E-state index in [2.05, 4.69) is 106 Å². The summed E-state index contributed by atoms with van der Waals surface area (Å²) in [5, 5.41) is 0. The molecule has 0 fully saturated rings. The summed E-state index contributed by atoms with van der Waals surface area (Å²) in [6.07, 6.45) is 63.0. The number of rotatable bonds is 43. The molecular weight excluding hydrogens is 717 g/mol. The van der Waals surface area contributed by atoms with Crippen molar-refractivity contribution in [1.29, 1.82) is 0 Å². The van der Waals surface area contributed by atoms with E-state index < -0.39 is 6.10 Å². The minimum Gasteiger partial charge on any atom is -0.462 e. The van der Waals surface area contributed by atoms with Crippen LogP contribution in [-0.4, -0.2) is 37.9 Å². The Morgan fingerprint density at radius 1 is 0.397 bits per heavy atom. The van der Waals surface area contributed by atoms with Crippen LogP contribution in [0, 0.1) is 0 Å². The van der Waals surface area contributed by atoms with Crippen LogP contribution in [-0.2, 0) is 23.8 Å². The Kier molecular flexibility index (Phi) is 46.0. The number of unbranched alkanes of at least 4 members (excludes halogenated alkanes) is 18. The van der Waals surface area contributed by atoms with Gasteiger partial charge in [0.2, 0.25) is 0 Å². The van der Waals surface area contributed by atoms with Crippen LogP contribution < -0.4 is 0 Å². The van der Waals surface area contributed by atoms with Crippen LogP contribution in [0.25, 0.3) is 0 Å². The number of allylic oxidation sites excluding steroid dienone is 14. The third-order valence-electron chi connectivity index (χ3n) is 9.88. The third kappa shape index (κ3) is 45.8. The first-order valence-electron chi connectivity index (χ1n) is 24.1. The van der Waals surface area contributed by atoms with Crippen LogP contribution in [0.1, 0.15) is 213 Å². The number of hydrogen-bond acceptors (Lipinski definition) is 5. The van der Waals surface area contributed by atoms with Crippen molar-refractivity contribution in [3.8, 4) is 0 Å². The molecule has 0 radical (unpaired) electrons. The Labute approximate surface area is 359 Å². The molecular formula is C53H90O5. The molecule has 0 heterocycles. The highest BCUT2D eigenvalue weighted by molar-refractivity contribution is 5.70.